The molecule has 9 heteroatoms. The fraction of sp³-hybridized carbons (Fsp3) is 0.158. The van der Waals surface area contributed by atoms with Gasteiger partial charge in [0.25, 0.3) is 11.1 Å². The molecular weight excluding hydrogens is 402 g/mol. The number of thioether (sulfide) groups is 1. The van der Waals surface area contributed by atoms with Gasteiger partial charge < -0.3 is 8.92 Å². The van der Waals surface area contributed by atoms with Crippen molar-refractivity contribution in [1.82, 2.24) is 5.32 Å². The SMILES string of the molecule is CCOc1cc(/C=C2\SC(=O)NC2=O)ccc1OS(=O)(=O)c1ccc(C)cc1. The van der Waals surface area contributed by atoms with Gasteiger partial charge in [-0.1, -0.05) is 23.8 Å². The molecule has 1 fully saturated rings. The third kappa shape index (κ3) is 4.55. The molecule has 1 saturated heterocycles. The largest absolute Gasteiger partial charge is 0.490 e. The minimum Gasteiger partial charge on any atom is -0.490 e. The van der Waals surface area contributed by atoms with Crippen LogP contribution < -0.4 is 14.2 Å². The Labute approximate surface area is 166 Å². The summed E-state index contributed by atoms with van der Waals surface area (Å²) in [4.78, 5) is 23.2. The third-order valence-corrected chi connectivity index (χ3v) is 5.78. The van der Waals surface area contributed by atoms with Crippen LogP contribution in [0.15, 0.2) is 52.3 Å². The number of nitrogens with one attached hydrogen (secondary N) is 1. The van der Waals surface area contributed by atoms with Gasteiger partial charge in [0.1, 0.15) is 4.90 Å². The molecule has 146 valence electrons. The summed E-state index contributed by atoms with van der Waals surface area (Å²) < 4.78 is 35.8. The Balaban J connectivity index is 1.91. The summed E-state index contributed by atoms with van der Waals surface area (Å²) in [5.74, 6) is -0.235. The summed E-state index contributed by atoms with van der Waals surface area (Å²) >= 11 is 0.794. The first-order chi connectivity index (χ1) is 13.3. The number of carbonyl (C=O) groups is 2. The van der Waals surface area contributed by atoms with Crippen molar-refractivity contribution in [2.24, 2.45) is 0 Å². The summed E-state index contributed by atoms with van der Waals surface area (Å²) in [5, 5.41) is 1.73. The Morgan fingerprint density at radius 2 is 1.79 bits per heavy atom. The lowest BCUT2D eigenvalue weighted by Gasteiger charge is -2.13. The topological polar surface area (TPSA) is 98.8 Å². The lowest BCUT2D eigenvalue weighted by Crippen LogP contribution is -2.17. The maximum atomic E-state index is 12.5. The molecule has 1 heterocycles. The maximum Gasteiger partial charge on any atom is 0.339 e. The molecule has 7 nitrogen and oxygen atoms in total. The zero-order valence-electron chi connectivity index (χ0n) is 15.1. The Kier molecular flexibility index (Phi) is 5.76. The molecule has 1 N–H and O–H groups in total. The van der Waals surface area contributed by atoms with Crippen LogP contribution in [0.25, 0.3) is 6.08 Å². The van der Waals surface area contributed by atoms with E-state index in [0.717, 1.165) is 17.3 Å². The van der Waals surface area contributed by atoms with Gasteiger partial charge in [0.05, 0.1) is 11.5 Å². The number of hydrogen-bond acceptors (Lipinski definition) is 7. The van der Waals surface area contributed by atoms with E-state index in [0.29, 0.717) is 5.56 Å². The van der Waals surface area contributed by atoms with Gasteiger partial charge in [-0.2, -0.15) is 8.42 Å². The van der Waals surface area contributed by atoms with Gasteiger partial charge in [-0.3, -0.25) is 14.9 Å². The number of aryl methyl sites for hydroxylation is 1. The number of benzene rings is 2. The first-order valence-corrected chi connectivity index (χ1v) is 10.5. The predicted molar refractivity (Wildman–Crippen MR) is 106 cm³/mol. The average Bonchev–Trinajstić information content (AvgIpc) is 2.95. The van der Waals surface area contributed by atoms with Gasteiger partial charge in [-0.05, 0) is 61.5 Å². The van der Waals surface area contributed by atoms with E-state index in [1.807, 2.05) is 6.92 Å². The van der Waals surface area contributed by atoms with Crippen molar-refractivity contribution in [3.8, 4) is 11.5 Å². The van der Waals surface area contributed by atoms with Crippen molar-refractivity contribution in [3.05, 3.63) is 58.5 Å². The number of amides is 2. The zero-order valence-corrected chi connectivity index (χ0v) is 16.7. The maximum absolute atomic E-state index is 12.5. The quantitative estimate of drug-likeness (QED) is 0.565. The van der Waals surface area contributed by atoms with Gasteiger partial charge in [-0.25, -0.2) is 0 Å². The fourth-order valence-electron chi connectivity index (χ4n) is 2.40. The van der Waals surface area contributed by atoms with Crippen molar-refractivity contribution in [1.29, 1.82) is 0 Å². The minimum absolute atomic E-state index is 0.0316. The van der Waals surface area contributed by atoms with Crippen molar-refractivity contribution in [2.75, 3.05) is 6.61 Å². The Morgan fingerprint density at radius 1 is 1.07 bits per heavy atom. The summed E-state index contributed by atoms with van der Waals surface area (Å²) in [5.41, 5.74) is 1.49. The Bertz CT molecular complexity index is 1060. The summed E-state index contributed by atoms with van der Waals surface area (Å²) in [7, 11) is -4.03. The molecule has 2 aromatic rings. The molecule has 2 amide bonds. The third-order valence-electron chi connectivity index (χ3n) is 3.72. The van der Waals surface area contributed by atoms with Crippen molar-refractivity contribution in [2.45, 2.75) is 18.7 Å². The van der Waals surface area contributed by atoms with Crippen molar-refractivity contribution < 1.29 is 26.9 Å². The first-order valence-electron chi connectivity index (χ1n) is 8.31. The zero-order chi connectivity index (χ0) is 20.3. The second-order valence-electron chi connectivity index (χ2n) is 5.84. The van der Waals surface area contributed by atoms with Gasteiger partial charge in [0.2, 0.25) is 0 Å². The molecule has 0 spiro atoms. The summed E-state index contributed by atoms with van der Waals surface area (Å²) in [6.45, 7) is 3.89. The van der Waals surface area contributed by atoms with Gasteiger partial charge in [-0.15, -0.1) is 0 Å². The number of carbonyl (C=O) groups excluding carboxylic acids is 2. The van der Waals surface area contributed by atoms with E-state index in [1.54, 1.807) is 31.2 Å². The number of hydrogen-bond donors (Lipinski definition) is 1. The van der Waals surface area contributed by atoms with Crippen LogP contribution in [0.4, 0.5) is 4.79 Å². The summed E-state index contributed by atoms with van der Waals surface area (Å²) in [6, 6.07) is 10.9. The highest BCUT2D eigenvalue weighted by molar-refractivity contribution is 8.18. The number of imide groups is 1. The Hall–Kier alpha value is -2.78. The molecule has 3 rings (SSSR count). The van der Waals surface area contributed by atoms with E-state index < -0.39 is 21.3 Å². The predicted octanol–water partition coefficient (Wildman–Crippen LogP) is 3.49. The molecule has 0 unspecified atom stereocenters. The Morgan fingerprint density at radius 3 is 2.39 bits per heavy atom. The highest BCUT2D eigenvalue weighted by atomic mass is 32.2. The van der Waals surface area contributed by atoms with Gasteiger partial charge >= 0.3 is 10.1 Å². The van der Waals surface area contributed by atoms with Crippen LogP contribution in [0.5, 0.6) is 11.5 Å². The molecule has 1 aliphatic heterocycles. The van der Waals surface area contributed by atoms with E-state index in [-0.39, 0.29) is 27.9 Å². The monoisotopic (exact) mass is 419 g/mol. The lowest BCUT2D eigenvalue weighted by molar-refractivity contribution is -0.115. The highest BCUT2D eigenvalue weighted by Gasteiger charge is 2.25. The molecule has 0 atom stereocenters. The van der Waals surface area contributed by atoms with E-state index in [9.17, 15) is 18.0 Å². The molecule has 28 heavy (non-hydrogen) atoms. The van der Waals surface area contributed by atoms with Crippen LogP contribution in [0.1, 0.15) is 18.1 Å². The van der Waals surface area contributed by atoms with Gasteiger partial charge in [0, 0.05) is 0 Å². The van der Waals surface area contributed by atoms with Crippen molar-refractivity contribution >= 4 is 39.1 Å². The fourth-order valence-corrected chi connectivity index (χ4v) is 4.02. The normalized spacial score (nSPS) is 15.6. The van der Waals surface area contributed by atoms with Gasteiger partial charge in [0.15, 0.2) is 11.5 Å². The second-order valence-corrected chi connectivity index (χ2v) is 8.40. The van der Waals surface area contributed by atoms with E-state index in [2.05, 4.69) is 5.32 Å². The van der Waals surface area contributed by atoms with Crippen LogP contribution in [-0.2, 0) is 14.9 Å². The molecule has 2 aromatic carbocycles. The second kappa shape index (κ2) is 8.07. The van der Waals surface area contributed by atoms with Crippen LogP contribution in [0, 0.1) is 6.92 Å². The molecule has 0 bridgehead atoms. The first kappa shape index (κ1) is 20.0. The highest BCUT2D eigenvalue weighted by Crippen LogP contribution is 2.33. The minimum atomic E-state index is -4.03. The van der Waals surface area contributed by atoms with Crippen LogP contribution >= 0.6 is 11.8 Å². The van der Waals surface area contributed by atoms with Crippen LogP contribution in [0.2, 0.25) is 0 Å². The average molecular weight is 419 g/mol. The standard InChI is InChI=1S/C19H17NO6S2/c1-3-25-16-10-13(11-17-18(21)20-19(22)27-17)6-9-15(16)26-28(23,24)14-7-4-12(2)5-8-14/h4-11H,3H2,1-2H3,(H,20,21,22)/b17-11-. The smallest absolute Gasteiger partial charge is 0.339 e. The van der Waals surface area contributed by atoms with Crippen molar-refractivity contribution in [3.63, 3.8) is 0 Å². The molecule has 0 aromatic heterocycles. The van der Waals surface area contributed by atoms with E-state index in [4.69, 9.17) is 8.92 Å². The molecule has 0 radical (unpaired) electrons. The van der Waals surface area contributed by atoms with Crippen LogP contribution in [-0.4, -0.2) is 26.2 Å². The number of ether oxygens (including phenoxy) is 1. The van der Waals surface area contributed by atoms with Crippen LogP contribution in [0.3, 0.4) is 0 Å². The van der Waals surface area contributed by atoms with E-state index >= 15 is 0 Å². The molecule has 0 aliphatic carbocycles. The molecular formula is C19H17NO6S2. The lowest BCUT2D eigenvalue weighted by atomic mass is 10.2. The summed E-state index contributed by atoms with van der Waals surface area (Å²) in [6.07, 6.45) is 1.52. The molecule has 0 saturated carbocycles. The number of rotatable bonds is 6. The molecule has 1 aliphatic rings. The van der Waals surface area contributed by atoms with E-state index in [1.165, 1.54) is 24.3 Å².